The number of rotatable bonds is 6. The van der Waals surface area contributed by atoms with Crippen molar-refractivity contribution in [1.29, 1.82) is 0 Å². The second kappa shape index (κ2) is 6.36. The summed E-state index contributed by atoms with van der Waals surface area (Å²) in [6, 6.07) is 8.03. The van der Waals surface area contributed by atoms with Crippen LogP contribution in [0, 0.1) is 10.1 Å². The van der Waals surface area contributed by atoms with Crippen molar-refractivity contribution in [2.45, 2.75) is 12.3 Å². The third-order valence-electron chi connectivity index (χ3n) is 3.06. The average molecular weight is 307 g/mol. The zero-order valence-corrected chi connectivity index (χ0v) is 12.0. The molecule has 110 valence electrons. The molecule has 2 aromatic rings. The number of methoxy groups -OCH3 is 1. The van der Waals surface area contributed by atoms with Gasteiger partial charge in [0.25, 0.3) is 0 Å². The van der Waals surface area contributed by atoms with Gasteiger partial charge in [0.2, 0.25) is 0 Å². The predicted molar refractivity (Wildman–Crippen MR) is 78.0 cm³/mol. The standard InChI is InChI=1S/C14H13NO5S/c1-20-12-5-4-9(8-11(12)15(18)19)7-10(14(16)17)13-3-2-6-21-13/h2-6,8,10H,7H2,1H3,(H,16,17). The van der Waals surface area contributed by atoms with Crippen molar-refractivity contribution in [3.05, 3.63) is 56.3 Å². The van der Waals surface area contributed by atoms with Crippen LogP contribution in [0.15, 0.2) is 35.7 Å². The molecular weight excluding hydrogens is 294 g/mol. The average Bonchev–Trinajstić information content (AvgIpc) is 2.97. The number of benzene rings is 1. The molecule has 1 heterocycles. The third kappa shape index (κ3) is 3.38. The summed E-state index contributed by atoms with van der Waals surface area (Å²) in [4.78, 5) is 22.6. The van der Waals surface area contributed by atoms with Gasteiger partial charge in [-0.3, -0.25) is 14.9 Å². The lowest BCUT2D eigenvalue weighted by molar-refractivity contribution is -0.385. The second-order valence-electron chi connectivity index (χ2n) is 4.37. The maximum Gasteiger partial charge on any atom is 0.312 e. The molecule has 6 nitrogen and oxygen atoms in total. The van der Waals surface area contributed by atoms with Gasteiger partial charge in [-0.25, -0.2) is 0 Å². The molecule has 1 aromatic carbocycles. The zero-order chi connectivity index (χ0) is 15.4. The van der Waals surface area contributed by atoms with E-state index >= 15 is 0 Å². The Balaban J connectivity index is 2.31. The van der Waals surface area contributed by atoms with E-state index in [0.717, 1.165) is 4.88 Å². The number of carboxylic acid groups (broad SMARTS) is 1. The Morgan fingerprint density at radius 2 is 2.24 bits per heavy atom. The van der Waals surface area contributed by atoms with Gasteiger partial charge >= 0.3 is 11.7 Å². The Morgan fingerprint density at radius 3 is 2.76 bits per heavy atom. The fraction of sp³-hybridized carbons (Fsp3) is 0.214. The van der Waals surface area contributed by atoms with Crippen LogP contribution < -0.4 is 4.74 Å². The number of carbonyl (C=O) groups is 1. The van der Waals surface area contributed by atoms with Crippen LogP contribution >= 0.6 is 11.3 Å². The van der Waals surface area contributed by atoms with Crippen LogP contribution in [0.3, 0.4) is 0 Å². The molecule has 21 heavy (non-hydrogen) atoms. The Labute approximate surface area is 124 Å². The molecular formula is C14H13NO5S. The number of nitrogens with zero attached hydrogens (tertiary/aromatic N) is 1. The van der Waals surface area contributed by atoms with E-state index in [9.17, 15) is 20.0 Å². The number of nitro benzene ring substituents is 1. The van der Waals surface area contributed by atoms with E-state index in [4.69, 9.17) is 4.74 Å². The summed E-state index contributed by atoms with van der Waals surface area (Å²) in [6.45, 7) is 0. The zero-order valence-electron chi connectivity index (χ0n) is 11.2. The van der Waals surface area contributed by atoms with Gasteiger partial charge in [0.1, 0.15) is 0 Å². The van der Waals surface area contributed by atoms with E-state index < -0.39 is 16.8 Å². The second-order valence-corrected chi connectivity index (χ2v) is 5.35. The van der Waals surface area contributed by atoms with Crippen LogP contribution in [-0.4, -0.2) is 23.1 Å². The van der Waals surface area contributed by atoms with Gasteiger partial charge in [0.05, 0.1) is 18.0 Å². The summed E-state index contributed by atoms with van der Waals surface area (Å²) < 4.78 is 4.93. The van der Waals surface area contributed by atoms with Crippen LogP contribution in [0.25, 0.3) is 0 Å². The van der Waals surface area contributed by atoms with Crippen molar-refractivity contribution in [3.8, 4) is 5.75 Å². The number of ether oxygens (including phenoxy) is 1. The van der Waals surface area contributed by atoms with Crippen molar-refractivity contribution in [3.63, 3.8) is 0 Å². The molecule has 1 atom stereocenters. The minimum Gasteiger partial charge on any atom is -0.490 e. The van der Waals surface area contributed by atoms with Crippen molar-refractivity contribution in [1.82, 2.24) is 0 Å². The molecule has 1 aromatic heterocycles. The Kier molecular flexibility index (Phi) is 4.54. The summed E-state index contributed by atoms with van der Waals surface area (Å²) >= 11 is 1.36. The first-order chi connectivity index (χ1) is 10.0. The lowest BCUT2D eigenvalue weighted by atomic mass is 9.97. The molecule has 1 unspecified atom stereocenters. The lowest BCUT2D eigenvalue weighted by Crippen LogP contribution is -2.13. The Bertz CT molecular complexity index is 653. The molecule has 0 fully saturated rings. The van der Waals surface area contributed by atoms with Gasteiger partial charge in [-0.05, 0) is 29.5 Å². The van der Waals surface area contributed by atoms with E-state index in [2.05, 4.69) is 0 Å². The molecule has 0 aliphatic rings. The molecule has 1 N–H and O–H groups in total. The van der Waals surface area contributed by atoms with Crippen LogP contribution in [0.2, 0.25) is 0 Å². The minimum atomic E-state index is -0.948. The van der Waals surface area contributed by atoms with Crippen molar-refractivity contribution in [2.24, 2.45) is 0 Å². The van der Waals surface area contributed by atoms with E-state index in [0.29, 0.717) is 5.56 Å². The number of carboxylic acids is 1. The number of nitro groups is 1. The van der Waals surface area contributed by atoms with Crippen LogP contribution in [0.1, 0.15) is 16.4 Å². The molecule has 0 spiro atoms. The molecule has 0 amide bonds. The molecule has 7 heteroatoms. The van der Waals surface area contributed by atoms with E-state index in [1.807, 2.05) is 5.38 Å². The van der Waals surface area contributed by atoms with Gasteiger partial charge in [-0.1, -0.05) is 12.1 Å². The number of hydrogen-bond acceptors (Lipinski definition) is 5. The molecule has 0 bridgehead atoms. The Morgan fingerprint density at radius 1 is 1.48 bits per heavy atom. The Hall–Kier alpha value is -2.41. The van der Waals surface area contributed by atoms with Gasteiger partial charge in [0, 0.05) is 10.9 Å². The van der Waals surface area contributed by atoms with Crippen LogP contribution in [0.5, 0.6) is 5.75 Å². The fourth-order valence-corrected chi connectivity index (χ4v) is 2.86. The topological polar surface area (TPSA) is 89.7 Å². The van der Waals surface area contributed by atoms with Crippen molar-refractivity contribution >= 4 is 23.0 Å². The summed E-state index contributed by atoms with van der Waals surface area (Å²) in [5, 5.41) is 22.1. The first kappa shape index (κ1) is 15.0. The molecule has 0 saturated heterocycles. The summed E-state index contributed by atoms with van der Waals surface area (Å²) in [6.07, 6.45) is 0.195. The largest absolute Gasteiger partial charge is 0.490 e. The van der Waals surface area contributed by atoms with Crippen LogP contribution in [-0.2, 0) is 11.2 Å². The lowest BCUT2D eigenvalue weighted by Gasteiger charge is -2.11. The van der Waals surface area contributed by atoms with Gasteiger partial charge in [-0.2, -0.15) is 0 Å². The molecule has 2 rings (SSSR count). The quantitative estimate of drug-likeness (QED) is 0.654. The highest BCUT2D eigenvalue weighted by atomic mass is 32.1. The number of hydrogen-bond donors (Lipinski definition) is 1. The maximum atomic E-state index is 11.4. The molecule has 0 radical (unpaired) electrons. The minimum absolute atomic E-state index is 0.159. The first-order valence-corrected chi connectivity index (χ1v) is 6.98. The maximum absolute atomic E-state index is 11.4. The van der Waals surface area contributed by atoms with Gasteiger partial charge in [-0.15, -0.1) is 11.3 Å². The SMILES string of the molecule is COc1ccc(CC(C(=O)O)c2cccs2)cc1[N+](=O)[O-]. The number of thiophene rings is 1. The molecule has 0 aliphatic heterocycles. The summed E-state index contributed by atoms with van der Waals surface area (Å²) in [5.74, 6) is -1.50. The monoisotopic (exact) mass is 307 g/mol. The van der Waals surface area contributed by atoms with Crippen molar-refractivity contribution in [2.75, 3.05) is 7.11 Å². The van der Waals surface area contributed by atoms with E-state index in [1.54, 1.807) is 18.2 Å². The highest BCUT2D eigenvalue weighted by Gasteiger charge is 2.23. The first-order valence-electron chi connectivity index (χ1n) is 6.10. The highest BCUT2D eigenvalue weighted by molar-refractivity contribution is 7.10. The van der Waals surface area contributed by atoms with Gasteiger partial charge in [0.15, 0.2) is 5.75 Å². The normalized spacial score (nSPS) is 11.9. The van der Waals surface area contributed by atoms with E-state index in [1.165, 1.54) is 30.6 Å². The molecule has 0 aliphatic carbocycles. The van der Waals surface area contributed by atoms with E-state index in [-0.39, 0.29) is 17.9 Å². The fourth-order valence-electron chi connectivity index (χ4n) is 2.04. The summed E-state index contributed by atoms with van der Waals surface area (Å²) in [5.41, 5.74) is 0.425. The smallest absolute Gasteiger partial charge is 0.312 e. The van der Waals surface area contributed by atoms with Crippen molar-refractivity contribution < 1.29 is 19.6 Å². The van der Waals surface area contributed by atoms with Gasteiger partial charge < -0.3 is 9.84 Å². The predicted octanol–water partition coefficient (Wildman–Crippen LogP) is 3.08. The summed E-state index contributed by atoms with van der Waals surface area (Å²) in [7, 11) is 1.35. The highest BCUT2D eigenvalue weighted by Crippen LogP contribution is 2.31. The number of aliphatic carboxylic acids is 1. The van der Waals surface area contributed by atoms with Crippen LogP contribution in [0.4, 0.5) is 5.69 Å². The molecule has 0 saturated carbocycles. The third-order valence-corrected chi connectivity index (χ3v) is 4.05.